The number of rotatable bonds is 10. The van der Waals surface area contributed by atoms with Gasteiger partial charge in [-0.05, 0) is 36.5 Å². The van der Waals surface area contributed by atoms with Crippen LogP contribution in [0.2, 0.25) is 0 Å². The summed E-state index contributed by atoms with van der Waals surface area (Å²) >= 11 is 1.50. The van der Waals surface area contributed by atoms with Crippen molar-refractivity contribution in [2.24, 2.45) is 0 Å². The van der Waals surface area contributed by atoms with Crippen LogP contribution in [0, 0.1) is 5.82 Å². The summed E-state index contributed by atoms with van der Waals surface area (Å²) in [6.45, 7) is 3.24. The average Bonchev–Trinajstić information content (AvgIpc) is 3.07. The van der Waals surface area contributed by atoms with Crippen LogP contribution in [0.3, 0.4) is 0 Å². The molecule has 1 unspecified atom stereocenters. The molecule has 1 aromatic carbocycles. The molecule has 0 bridgehead atoms. The normalized spacial score (nSPS) is 12.0. The second-order valence-electron chi connectivity index (χ2n) is 5.62. The summed E-state index contributed by atoms with van der Waals surface area (Å²) in [5.74, 6) is -0.735. The van der Waals surface area contributed by atoms with E-state index in [2.05, 4.69) is 10.6 Å². The number of aliphatic hydroxyl groups excluding tert-OH is 1. The fraction of sp³-hybridized carbons (Fsp3) is 0.389. The summed E-state index contributed by atoms with van der Waals surface area (Å²) in [7, 11) is 0. The van der Waals surface area contributed by atoms with Crippen LogP contribution in [0.1, 0.15) is 18.2 Å². The number of nitrogens with one attached hydrogen (secondary N) is 2. The van der Waals surface area contributed by atoms with Gasteiger partial charge in [0.2, 0.25) is 5.91 Å². The van der Waals surface area contributed by atoms with Crippen molar-refractivity contribution in [3.05, 3.63) is 46.4 Å². The Morgan fingerprint density at radius 1 is 1.40 bits per heavy atom. The standard InChI is InChI=1S/C18H23FN2O3S/c1-2-7-20-11-14(22)12-24-17-6-5-13(9-16(17)19)21-18(23)10-15-4-3-8-25-15/h3-6,8-9,14,20,22H,2,7,10-12H2,1H3,(H,21,23). The molecule has 1 aromatic heterocycles. The number of hydrogen-bond donors (Lipinski definition) is 3. The Kier molecular flexibility index (Phi) is 7.84. The molecular formula is C18H23FN2O3S. The van der Waals surface area contributed by atoms with E-state index in [0.717, 1.165) is 17.8 Å². The van der Waals surface area contributed by atoms with E-state index in [4.69, 9.17) is 4.74 Å². The second-order valence-corrected chi connectivity index (χ2v) is 6.65. The zero-order valence-corrected chi connectivity index (χ0v) is 14.9. The van der Waals surface area contributed by atoms with Gasteiger partial charge in [0.05, 0.1) is 6.42 Å². The number of halogens is 1. The quantitative estimate of drug-likeness (QED) is 0.566. The van der Waals surface area contributed by atoms with Crippen molar-refractivity contribution < 1.29 is 19.0 Å². The van der Waals surface area contributed by atoms with Crippen molar-refractivity contribution in [3.8, 4) is 5.75 Å². The summed E-state index contributed by atoms with van der Waals surface area (Å²) in [5.41, 5.74) is 0.372. The van der Waals surface area contributed by atoms with Gasteiger partial charge in [-0.2, -0.15) is 0 Å². The first-order valence-electron chi connectivity index (χ1n) is 8.22. The van der Waals surface area contributed by atoms with Crippen molar-refractivity contribution in [2.45, 2.75) is 25.9 Å². The first kappa shape index (κ1) is 19.4. The van der Waals surface area contributed by atoms with Crippen LogP contribution < -0.4 is 15.4 Å². The maximum atomic E-state index is 14.1. The van der Waals surface area contributed by atoms with E-state index in [0.29, 0.717) is 12.2 Å². The third kappa shape index (κ3) is 6.81. The monoisotopic (exact) mass is 366 g/mol. The molecule has 1 amide bonds. The van der Waals surface area contributed by atoms with Crippen LogP contribution in [-0.2, 0) is 11.2 Å². The van der Waals surface area contributed by atoms with E-state index in [-0.39, 0.29) is 24.7 Å². The highest BCUT2D eigenvalue weighted by atomic mass is 32.1. The highest BCUT2D eigenvalue weighted by Crippen LogP contribution is 2.21. The molecule has 5 nitrogen and oxygen atoms in total. The van der Waals surface area contributed by atoms with Crippen LogP contribution in [0.4, 0.5) is 10.1 Å². The van der Waals surface area contributed by atoms with Gasteiger partial charge < -0.3 is 20.5 Å². The molecule has 3 N–H and O–H groups in total. The molecule has 2 rings (SSSR count). The van der Waals surface area contributed by atoms with Gasteiger partial charge in [-0.3, -0.25) is 4.79 Å². The highest BCUT2D eigenvalue weighted by Gasteiger charge is 2.11. The van der Waals surface area contributed by atoms with E-state index >= 15 is 0 Å². The topological polar surface area (TPSA) is 70.6 Å². The van der Waals surface area contributed by atoms with Crippen molar-refractivity contribution in [3.63, 3.8) is 0 Å². The molecule has 0 spiro atoms. The van der Waals surface area contributed by atoms with Crippen molar-refractivity contribution in [1.82, 2.24) is 5.32 Å². The van der Waals surface area contributed by atoms with Crippen LogP contribution in [0.25, 0.3) is 0 Å². The summed E-state index contributed by atoms with van der Waals surface area (Å²) < 4.78 is 19.4. The van der Waals surface area contributed by atoms with Gasteiger partial charge in [0.1, 0.15) is 12.7 Å². The van der Waals surface area contributed by atoms with Gasteiger partial charge in [-0.1, -0.05) is 13.0 Å². The van der Waals surface area contributed by atoms with Gasteiger partial charge in [-0.25, -0.2) is 4.39 Å². The molecule has 0 fully saturated rings. The third-order valence-electron chi connectivity index (χ3n) is 3.37. The lowest BCUT2D eigenvalue weighted by molar-refractivity contribution is -0.115. The Morgan fingerprint density at radius 2 is 2.24 bits per heavy atom. The molecule has 0 aliphatic rings. The van der Waals surface area contributed by atoms with Gasteiger partial charge in [0.15, 0.2) is 11.6 Å². The van der Waals surface area contributed by atoms with Crippen LogP contribution >= 0.6 is 11.3 Å². The molecule has 1 atom stereocenters. The van der Waals surface area contributed by atoms with Gasteiger partial charge in [0, 0.05) is 23.2 Å². The molecule has 0 saturated heterocycles. The lowest BCUT2D eigenvalue weighted by Gasteiger charge is -2.14. The fourth-order valence-electron chi connectivity index (χ4n) is 2.16. The third-order valence-corrected chi connectivity index (χ3v) is 4.24. The predicted octanol–water partition coefficient (Wildman–Crippen LogP) is 2.81. The minimum absolute atomic E-state index is 0.00226. The SMILES string of the molecule is CCCNCC(O)COc1ccc(NC(=O)Cc2cccs2)cc1F. The zero-order valence-electron chi connectivity index (χ0n) is 14.1. The predicted molar refractivity (Wildman–Crippen MR) is 97.7 cm³/mol. The molecular weight excluding hydrogens is 343 g/mol. The van der Waals surface area contributed by atoms with Gasteiger partial charge in [-0.15, -0.1) is 11.3 Å². The number of carbonyl (C=O) groups is 1. The second kappa shape index (κ2) is 10.1. The lowest BCUT2D eigenvalue weighted by atomic mass is 10.2. The summed E-state index contributed by atoms with van der Waals surface area (Å²) in [5, 5.41) is 17.4. The maximum Gasteiger partial charge on any atom is 0.229 e. The Labute approximate surface area is 150 Å². The fourth-order valence-corrected chi connectivity index (χ4v) is 2.87. The molecule has 0 aliphatic carbocycles. The van der Waals surface area contributed by atoms with Crippen molar-refractivity contribution in [2.75, 3.05) is 25.0 Å². The van der Waals surface area contributed by atoms with Crippen LogP contribution in [0.15, 0.2) is 35.7 Å². The number of carbonyl (C=O) groups excluding carboxylic acids is 1. The smallest absolute Gasteiger partial charge is 0.229 e. The van der Waals surface area contributed by atoms with E-state index in [1.807, 2.05) is 24.4 Å². The number of anilines is 1. The van der Waals surface area contributed by atoms with Crippen LogP contribution in [-0.4, -0.2) is 36.8 Å². The number of ether oxygens (including phenoxy) is 1. The molecule has 2 aromatic rings. The minimum Gasteiger partial charge on any atom is -0.488 e. The molecule has 1 heterocycles. The average molecular weight is 366 g/mol. The minimum atomic E-state index is -0.712. The summed E-state index contributed by atoms with van der Waals surface area (Å²) in [6.07, 6.45) is 0.521. The largest absolute Gasteiger partial charge is 0.488 e. The van der Waals surface area contributed by atoms with E-state index in [9.17, 15) is 14.3 Å². The number of amides is 1. The number of thiophene rings is 1. The van der Waals surface area contributed by atoms with E-state index < -0.39 is 11.9 Å². The highest BCUT2D eigenvalue weighted by molar-refractivity contribution is 7.10. The Hall–Kier alpha value is -1.96. The molecule has 0 aliphatic heterocycles. The van der Waals surface area contributed by atoms with Crippen LogP contribution in [0.5, 0.6) is 5.75 Å². The molecule has 0 saturated carbocycles. The molecule has 0 radical (unpaired) electrons. The van der Waals surface area contributed by atoms with Crippen molar-refractivity contribution in [1.29, 1.82) is 0 Å². The van der Waals surface area contributed by atoms with Crippen molar-refractivity contribution >= 4 is 22.9 Å². The number of aliphatic hydroxyl groups is 1. The van der Waals surface area contributed by atoms with E-state index in [1.54, 1.807) is 6.07 Å². The Bertz CT molecular complexity index is 664. The lowest BCUT2D eigenvalue weighted by Crippen LogP contribution is -2.31. The van der Waals surface area contributed by atoms with Gasteiger partial charge in [0.25, 0.3) is 0 Å². The van der Waals surface area contributed by atoms with E-state index in [1.165, 1.54) is 23.5 Å². The summed E-state index contributed by atoms with van der Waals surface area (Å²) in [4.78, 5) is 12.9. The first-order valence-corrected chi connectivity index (χ1v) is 9.09. The maximum absolute atomic E-state index is 14.1. The summed E-state index contributed by atoms with van der Waals surface area (Å²) in [6, 6.07) is 7.99. The molecule has 136 valence electrons. The Morgan fingerprint density at radius 3 is 2.92 bits per heavy atom. The molecule has 7 heteroatoms. The number of benzene rings is 1. The number of hydrogen-bond acceptors (Lipinski definition) is 5. The molecule has 25 heavy (non-hydrogen) atoms. The zero-order chi connectivity index (χ0) is 18.1. The van der Waals surface area contributed by atoms with Gasteiger partial charge >= 0.3 is 0 Å². The first-order chi connectivity index (χ1) is 12.1. The Balaban J connectivity index is 1.82.